The number of hydrogen-bond donors (Lipinski definition) is 1. The first kappa shape index (κ1) is 9.92. The number of rotatable bonds is 3. The molecule has 0 saturated heterocycles. The highest BCUT2D eigenvalue weighted by atomic mass is 16.3. The quantitative estimate of drug-likeness (QED) is 0.710. The van der Waals surface area contributed by atoms with Crippen molar-refractivity contribution < 1.29 is 9.90 Å². The van der Waals surface area contributed by atoms with Crippen LogP contribution >= 0.6 is 0 Å². The van der Waals surface area contributed by atoms with E-state index in [0.717, 1.165) is 0 Å². The minimum Gasteiger partial charge on any atom is -0.385 e. The molecule has 0 aliphatic carbocycles. The van der Waals surface area contributed by atoms with Crippen molar-refractivity contribution in [2.75, 3.05) is 0 Å². The lowest BCUT2D eigenvalue weighted by Gasteiger charge is -2.10. The summed E-state index contributed by atoms with van der Waals surface area (Å²) in [5.41, 5.74) is 0.463. The van der Waals surface area contributed by atoms with E-state index in [9.17, 15) is 4.79 Å². The molecular formula is C9H14N2O2. The summed E-state index contributed by atoms with van der Waals surface area (Å²) in [6.07, 6.45) is 0.601. The van der Waals surface area contributed by atoms with E-state index in [1.807, 2.05) is 13.8 Å². The Balaban J connectivity index is 3.01. The molecule has 0 fully saturated rings. The van der Waals surface area contributed by atoms with E-state index < -0.39 is 6.10 Å². The molecule has 4 nitrogen and oxygen atoms in total. The lowest BCUT2D eigenvalue weighted by atomic mass is 10.2. The van der Waals surface area contributed by atoms with Crippen LogP contribution in [0, 0.1) is 0 Å². The molecule has 0 amide bonds. The van der Waals surface area contributed by atoms with Crippen LogP contribution in [0.5, 0.6) is 0 Å². The van der Waals surface area contributed by atoms with Crippen LogP contribution in [0.1, 0.15) is 37.3 Å². The molecule has 13 heavy (non-hydrogen) atoms. The van der Waals surface area contributed by atoms with Crippen molar-refractivity contribution in [3.8, 4) is 0 Å². The van der Waals surface area contributed by atoms with Crippen molar-refractivity contribution in [3.63, 3.8) is 0 Å². The van der Waals surface area contributed by atoms with Gasteiger partial charge < -0.3 is 5.11 Å². The molecule has 1 rings (SSSR count). The molecule has 1 unspecified atom stereocenters. The summed E-state index contributed by atoms with van der Waals surface area (Å²) < 4.78 is 1.61. The molecule has 0 aliphatic heterocycles. The van der Waals surface area contributed by atoms with Crippen molar-refractivity contribution in [2.24, 2.45) is 0 Å². The Labute approximate surface area is 77.2 Å². The second kappa shape index (κ2) is 3.70. The third-order valence-electron chi connectivity index (χ3n) is 1.79. The molecule has 0 spiro atoms. The monoisotopic (exact) mass is 182 g/mol. The van der Waals surface area contributed by atoms with E-state index in [2.05, 4.69) is 5.10 Å². The van der Waals surface area contributed by atoms with Crippen LogP contribution < -0.4 is 0 Å². The van der Waals surface area contributed by atoms with Crippen LogP contribution in [0.4, 0.5) is 0 Å². The van der Waals surface area contributed by atoms with Gasteiger partial charge in [0.15, 0.2) is 0 Å². The van der Waals surface area contributed by atoms with E-state index in [4.69, 9.17) is 5.11 Å². The van der Waals surface area contributed by atoms with Crippen LogP contribution in [-0.4, -0.2) is 26.8 Å². The second-order valence-electron chi connectivity index (χ2n) is 3.29. The van der Waals surface area contributed by atoms with Gasteiger partial charge in [0.25, 0.3) is 0 Å². The van der Waals surface area contributed by atoms with Gasteiger partial charge in [0.2, 0.25) is 5.78 Å². The topological polar surface area (TPSA) is 55.1 Å². The van der Waals surface area contributed by atoms with E-state index in [0.29, 0.717) is 5.69 Å². The highest BCUT2D eigenvalue weighted by Crippen LogP contribution is 2.09. The summed E-state index contributed by atoms with van der Waals surface area (Å²) in [5, 5.41) is 13.1. The SMILES string of the molecule is CC(O)C(=O)c1ccnn1C(C)C. The van der Waals surface area contributed by atoms with E-state index >= 15 is 0 Å². The van der Waals surface area contributed by atoms with Crippen LogP contribution in [0.25, 0.3) is 0 Å². The summed E-state index contributed by atoms with van der Waals surface area (Å²) in [6, 6.07) is 1.75. The zero-order valence-electron chi connectivity index (χ0n) is 8.06. The van der Waals surface area contributed by atoms with Gasteiger partial charge >= 0.3 is 0 Å². The van der Waals surface area contributed by atoms with Crippen molar-refractivity contribution >= 4 is 5.78 Å². The standard InChI is InChI=1S/C9H14N2O2/c1-6(2)11-8(4-5-10-11)9(13)7(3)12/h4-7,12H,1-3H3. The van der Waals surface area contributed by atoms with Crippen molar-refractivity contribution in [1.82, 2.24) is 9.78 Å². The minimum atomic E-state index is -0.964. The van der Waals surface area contributed by atoms with Crippen molar-refractivity contribution in [1.29, 1.82) is 0 Å². The van der Waals surface area contributed by atoms with Gasteiger partial charge in [-0.25, -0.2) is 0 Å². The van der Waals surface area contributed by atoms with Gasteiger partial charge in [0, 0.05) is 12.2 Å². The van der Waals surface area contributed by atoms with Gasteiger partial charge in [-0.3, -0.25) is 9.48 Å². The third-order valence-corrected chi connectivity index (χ3v) is 1.79. The molecule has 0 aromatic carbocycles. The summed E-state index contributed by atoms with van der Waals surface area (Å²) in [7, 11) is 0. The highest BCUT2D eigenvalue weighted by molar-refractivity contribution is 5.97. The fraction of sp³-hybridized carbons (Fsp3) is 0.556. The first-order valence-electron chi connectivity index (χ1n) is 4.30. The van der Waals surface area contributed by atoms with Crippen LogP contribution in [-0.2, 0) is 0 Å². The number of Topliss-reactive ketones (excluding diaryl/α,β-unsaturated/α-hetero) is 1. The number of aliphatic hydroxyl groups is 1. The fourth-order valence-corrected chi connectivity index (χ4v) is 1.13. The van der Waals surface area contributed by atoms with Crippen molar-refractivity contribution in [2.45, 2.75) is 32.9 Å². The Bertz CT molecular complexity index is 302. The minimum absolute atomic E-state index is 0.132. The molecule has 4 heteroatoms. The Morgan fingerprint density at radius 2 is 2.15 bits per heavy atom. The van der Waals surface area contributed by atoms with Gasteiger partial charge in [0.05, 0.1) is 0 Å². The Hall–Kier alpha value is -1.16. The molecule has 1 N–H and O–H groups in total. The highest BCUT2D eigenvalue weighted by Gasteiger charge is 2.17. The van der Waals surface area contributed by atoms with Gasteiger partial charge in [-0.2, -0.15) is 5.10 Å². The largest absolute Gasteiger partial charge is 0.385 e. The molecule has 0 saturated carbocycles. The Morgan fingerprint density at radius 3 is 2.62 bits per heavy atom. The maximum Gasteiger partial charge on any atom is 0.208 e. The van der Waals surface area contributed by atoms with Gasteiger partial charge in [-0.15, -0.1) is 0 Å². The Morgan fingerprint density at radius 1 is 1.54 bits per heavy atom. The van der Waals surface area contributed by atoms with Crippen molar-refractivity contribution in [3.05, 3.63) is 18.0 Å². The Kier molecular flexibility index (Phi) is 2.83. The molecular weight excluding hydrogens is 168 g/mol. The predicted molar refractivity (Wildman–Crippen MR) is 48.6 cm³/mol. The zero-order valence-corrected chi connectivity index (χ0v) is 8.06. The van der Waals surface area contributed by atoms with Gasteiger partial charge in [-0.1, -0.05) is 0 Å². The first-order valence-corrected chi connectivity index (χ1v) is 4.30. The van der Waals surface area contributed by atoms with E-state index in [1.165, 1.54) is 6.92 Å². The smallest absolute Gasteiger partial charge is 0.208 e. The molecule has 1 aromatic rings. The molecule has 0 aliphatic rings. The molecule has 1 atom stereocenters. The zero-order chi connectivity index (χ0) is 10.0. The predicted octanol–water partition coefficient (Wildman–Crippen LogP) is 1.03. The molecule has 1 aromatic heterocycles. The summed E-state index contributed by atoms with van der Waals surface area (Å²) in [5.74, 6) is -0.286. The number of aromatic nitrogens is 2. The maximum atomic E-state index is 11.4. The average Bonchev–Trinajstić information content (AvgIpc) is 2.50. The normalized spacial score (nSPS) is 13.3. The van der Waals surface area contributed by atoms with Crippen LogP contribution in [0.15, 0.2) is 12.3 Å². The molecule has 0 bridgehead atoms. The maximum absolute atomic E-state index is 11.4. The number of carbonyl (C=O) groups is 1. The van der Waals surface area contributed by atoms with Crippen LogP contribution in [0.2, 0.25) is 0 Å². The van der Waals surface area contributed by atoms with Gasteiger partial charge in [0.1, 0.15) is 11.8 Å². The number of aliphatic hydroxyl groups excluding tert-OH is 1. The molecule has 0 radical (unpaired) electrons. The lowest BCUT2D eigenvalue weighted by molar-refractivity contribution is 0.0766. The number of carbonyl (C=O) groups excluding carboxylic acids is 1. The lowest BCUT2D eigenvalue weighted by Crippen LogP contribution is -2.21. The van der Waals surface area contributed by atoms with E-state index in [1.54, 1.807) is 16.9 Å². The fourth-order valence-electron chi connectivity index (χ4n) is 1.13. The third kappa shape index (κ3) is 1.95. The summed E-state index contributed by atoms with van der Waals surface area (Å²) >= 11 is 0. The number of ketones is 1. The second-order valence-corrected chi connectivity index (χ2v) is 3.29. The molecule has 72 valence electrons. The average molecular weight is 182 g/mol. The van der Waals surface area contributed by atoms with Gasteiger partial charge in [-0.05, 0) is 26.8 Å². The van der Waals surface area contributed by atoms with Crippen LogP contribution in [0.3, 0.4) is 0 Å². The summed E-state index contributed by atoms with van der Waals surface area (Å²) in [6.45, 7) is 5.33. The number of nitrogens with zero attached hydrogens (tertiary/aromatic N) is 2. The molecule has 1 heterocycles. The summed E-state index contributed by atoms with van der Waals surface area (Å²) in [4.78, 5) is 11.4. The first-order chi connectivity index (χ1) is 6.04. The van der Waals surface area contributed by atoms with E-state index in [-0.39, 0.29) is 11.8 Å². The number of hydrogen-bond acceptors (Lipinski definition) is 3.